The first-order chi connectivity index (χ1) is 15.2. The fourth-order valence-corrected chi connectivity index (χ4v) is 3.65. The lowest BCUT2D eigenvalue weighted by Gasteiger charge is -2.26. The summed E-state index contributed by atoms with van der Waals surface area (Å²) < 4.78 is 0. The molecule has 11 heteroatoms. The van der Waals surface area contributed by atoms with Crippen LogP contribution in [0.15, 0.2) is 24.3 Å². The molecule has 1 aliphatic heterocycles. The zero-order valence-corrected chi connectivity index (χ0v) is 17.5. The number of aromatic nitrogens is 2. The minimum absolute atomic E-state index is 0.0603. The quantitative estimate of drug-likeness (QED) is 0.317. The standard InChI is InChI=1S/C21H27N7O4/c22-16(29)8-7-15(20(31)32)26-19(30)13-5-3-11(4-6-13)1-2-12-9-14-17(23)27-21(24)28-18(14)25-10-12/h3-6,12,15H,1-2,7-10H2,(H2,22,29)(H,26,30)(H,31,32)(H5,23,24,25,27,28)/t12?,15-/m0/s1. The van der Waals surface area contributed by atoms with Gasteiger partial charge in [0, 0.05) is 24.1 Å². The second-order valence-electron chi connectivity index (χ2n) is 7.85. The second-order valence-corrected chi connectivity index (χ2v) is 7.85. The Morgan fingerprint density at radius 1 is 1.19 bits per heavy atom. The van der Waals surface area contributed by atoms with Crippen molar-refractivity contribution in [3.05, 3.63) is 41.0 Å². The number of nitrogen functional groups attached to an aromatic ring is 2. The Kier molecular flexibility index (Phi) is 7.08. The number of fused-ring (bicyclic) bond motifs is 1. The van der Waals surface area contributed by atoms with Crippen molar-refractivity contribution >= 4 is 35.4 Å². The fourth-order valence-electron chi connectivity index (χ4n) is 3.65. The second kappa shape index (κ2) is 9.94. The van der Waals surface area contributed by atoms with E-state index < -0.39 is 23.8 Å². The Balaban J connectivity index is 1.54. The van der Waals surface area contributed by atoms with Crippen molar-refractivity contribution < 1.29 is 19.5 Å². The molecule has 0 spiro atoms. The molecule has 32 heavy (non-hydrogen) atoms. The molecule has 2 atom stereocenters. The zero-order chi connectivity index (χ0) is 23.3. The number of carbonyl (C=O) groups excluding carboxylic acids is 2. The minimum Gasteiger partial charge on any atom is -0.480 e. The number of carboxylic acids is 1. The molecule has 9 N–H and O–H groups in total. The van der Waals surface area contributed by atoms with Crippen LogP contribution in [0.1, 0.15) is 40.7 Å². The van der Waals surface area contributed by atoms with Gasteiger partial charge in [-0.1, -0.05) is 12.1 Å². The first kappa shape index (κ1) is 22.8. The topological polar surface area (TPSA) is 199 Å². The first-order valence-corrected chi connectivity index (χ1v) is 10.3. The van der Waals surface area contributed by atoms with Gasteiger partial charge in [-0.15, -0.1) is 0 Å². The normalized spacial score (nSPS) is 15.8. The molecule has 1 unspecified atom stereocenters. The fraction of sp³-hybridized carbons (Fsp3) is 0.381. The summed E-state index contributed by atoms with van der Waals surface area (Å²) in [6, 6.07) is 5.82. The van der Waals surface area contributed by atoms with Crippen LogP contribution in [0.5, 0.6) is 0 Å². The van der Waals surface area contributed by atoms with Crippen LogP contribution in [-0.2, 0) is 22.4 Å². The molecule has 11 nitrogen and oxygen atoms in total. The maximum atomic E-state index is 12.4. The number of primary amides is 1. The van der Waals surface area contributed by atoms with Crippen molar-refractivity contribution in [3.8, 4) is 0 Å². The van der Waals surface area contributed by atoms with Crippen molar-refractivity contribution in [2.75, 3.05) is 23.3 Å². The van der Waals surface area contributed by atoms with Gasteiger partial charge < -0.3 is 32.9 Å². The van der Waals surface area contributed by atoms with Gasteiger partial charge in [-0.3, -0.25) is 9.59 Å². The van der Waals surface area contributed by atoms with Gasteiger partial charge in [0.1, 0.15) is 17.7 Å². The summed E-state index contributed by atoms with van der Waals surface area (Å²) in [5.74, 6) is -0.761. The smallest absolute Gasteiger partial charge is 0.326 e. The molecule has 0 radical (unpaired) electrons. The highest BCUT2D eigenvalue weighted by molar-refractivity contribution is 5.96. The summed E-state index contributed by atoms with van der Waals surface area (Å²) >= 11 is 0. The highest BCUT2D eigenvalue weighted by Crippen LogP contribution is 2.29. The molecule has 0 fully saturated rings. The van der Waals surface area contributed by atoms with Gasteiger partial charge in [0.25, 0.3) is 5.91 Å². The van der Waals surface area contributed by atoms with Gasteiger partial charge in [-0.25, -0.2) is 4.79 Å². The molecule has 0 saturated heterocycles. The molecule has 0 aliphatic carbocycles. The van der Waals surface area contributed by atoms with E-state index in [1.807, 2.05) is 12.1 Å². The number of anilines is 3. The van der Waals surface area contributed by atoms with Crippen LogP contribution in [0.2, 0.25) is 0 Å². The number of benzene rings is 1. The van der Waals surface area contributed by atoms with Crippen LogP contribution in [0, 0.1) is 5.92 Å². The molecule has 0 bridgehead atoms. The summed E-state index contributed by atoms with van der Waals surface area (Å²) in [6.07, 6.45) is 2.28. The monoisotopic (exact) mass is 441 g/mol. The van der Waals surface area contributed by atoms with Crippen LogP contribution < -0.4 is 27.8 Å². The number of hydrogen-bond donors (Lipinski definition) is 6. The average Bonchev–Trinajstić information content (AvgIpc) is 2.75. The lowest BCUT2D eigenvalue weighted by atomic mass is 9.90. The molecular weight excluding hydrogens is 414 g/mol. The highest BCUT2D eigenvalue weighted by atomic mass is 16.4. The van der Waals surface area contributed by atoms with Crippen molar-refractivity contribution in [3.63, 3.8) is 0 Å². The number of carbonyl (C=O) groups is 3. The number of hydrogen-bond acceptors (Lipinski definition) is 8. The molecule has 170 valence electrons. The van der Waals surface area contributed by atoms with Crippen LogP contribution >= 0.6 is 0 Å². The Labute approximate surface area is 184 Å². The summed E-state index contributed by atoms with van der Waals surface area (Å²) in [4.78, 5) is 42.7. The molecule has 2 heterocycles. The molecule has 0 saturated carbocycles. The zero-order valence-electron chi connectivity index (χ0n) is 17.5. The number of carboxylic acid groups (broad SMARTS) is 1. The molecule has 1 aromatic heterocycles. The van der Waals surface area contributed by atoms with Crippen molar-refractivity contribution in [2.24, 2.45) is 11.7 Å². The van der Waals surface area contributed by atoms with Crippen LogP contribution in [-0.4, -0.2) is 45.4 Å². The summed E-state index contributed by atoms with van der Waals surface area (Å²) in [5, 5.41) is 14.9. The van der Waals surface area contributed by atoms with Crippen LogP contribution in [0.4, 0.5) is 17.6 Å². The molecule has 2 aromatic rings. The summed E-state index contributed by atoms with van der Waals surface area (Å²) in [7, 11) is 0. The molecule has 3 rings (SSSR count). The number of nitrogens with one attached hydrogen (secondary N) is 2. The molecule has 1 aliphatic rings. The predicted octanol–water partition coefficient (Wildman–Crippen LogP) is 0.307. The Morgan fingerprint density at radius 3 is 2.56 bits per heavy atom. The maximum Gasteiger partial charge on any atom is 0.326 e. The predicted molar refractivity (Wildman–Crippen MR) is 119 cm³/mol. The van der Waals surface area contributed by atoms with E-state index in [0.717, 1.165) is 36.9 Å². The van der Waals surface area contributed by atoms with E-state index in [0.29, 0.717) is 23.1 Å². The third-order valence-electron chi connectivity index (χ3n) is 5.45. The van der Waals surface area contributed by atoms with Gasteiger partial charge in [-0.05, 0) is 49.3 Å². The van der Waals surface area contributed by atoms with E-state index >= 15 is 0 Å². The number of nitrogens with zero attached hydrogens (tertiary/aromatic N) is 2. The van der Waals surface area contributed by atoms with Gasteiger partial charge in [0.05, 0.1) is 0 Å². The number of rotatable bonds is 9. The van der Waals surface area contributed by atoms with E-state index in [4.69, 9.17) is 17.2 Å². The maximum absolute atomic E-state index is 12.4. The lowest BCUT2D eigenvalue weighted by molar-refractivity contribution is -0.139. The van der Waals surface area contributed by atoms with E-state index in [2.05, 4.69) is 20.6 Å². The number of aryl methyl sites for hydroxylation is 1. The van der Waals surface area contributed by atoms with Gasteiger partial charge in [0.15, 0.2) is 0 Å². The van der Waals surface area contributed by atoms with Crippen molar-refractivity contribution in [1.29, 1.82) is 0 Å². The van der Waals surface area contributed by atoms with Gasteiger partial charge >= 0.3 is 5.97 Å². The average molecular weight is 441 g/mol. The SMILES string of the molecule is NC(=O)CC[C@H](NC(=O)c1ccc(CCC2CNc3nc(N)nc(N)c3C2)cc1)C(=O)O. The Hall–Kier alpha value is -3.89. The number of amides is 2. The highest BCUT2D eigenvalue weighted by Gasteiger charge is 2.23. The van der Waals surface area contributed by atoms with Gasteiger partial charge in [-0.2, -0.15) is 9.97 Å². The number of nitrogens with two attached hydrogens (primary N) is 3. The van der Waals surface area contributed by atoms with Crippen molar-refractivity contribution in [2.45, 2.75) is 38.1 Å². The third kappa shape index (κ3) is 5.84. The Morgan fingerprint density at radius 2 is 1.91 bits per heavy atom. The molecule has 2 amide bonds. The number of aliphatic carboxylic acids is 1. The summed E-state index contributed by atoms with van der Waals surface area (Å²) in [5.41, 5.74) is 18.9. The lowest BCUT2D eigenvalue weighted by Crippen LogP contribution is -2.41. The first-order valence-electron chi connectivity index (χ1n) is 10.3. The van der Waals surface area contributed by atoms with E-state index in [9.17, 15) is 19.5 Å². The third-order valence-corrected chi connectivity index (χ3v) is 5.45. The minimum atomic E-state index is -1.22. The summed E-state index contributed by atoms with van der Waals surface area (Å²) in [6.45, 7) is 0.755. The van der Waals surface area contributed by atoms with Gasteiger partial charge in [0.2, 0.25) is 11.9 Å². The van der Waals surface area contributed by atoms with Crippen molar-refractivity contribution in [1.82, 2.24) is 15.3 Å². The van der Waals surface area contributed by atoms with E-state index in [1.165, 1.54) is 0 Å². The van der Waals surface area contributed by atoms with E-state index in [1.54, 1.807) is 12.1 Å². The van der Waals surface area contributed by atoms with Crippen LogP contribution in [0.25, 0.3) is 0 Å². The van der Waals surface area contributed by atoms with E-state index in [-0.39, 0.29) is 18.8 Å². The Bertz CT molecular complexity index is 1010. The van der Waals surface area contributed by atoms with Crippen LogP contribution in [0.3, 0.4) is 0 Å². The largest absolute Gasteiger partial charge is 0.480 e. The molecular formula is C21H27N7O4. The molecule has 1 aromatic carbocycles.